The molecular weight excluding hydrogens is 460 g/mol. The highest BCUT2D eigenvalue weighted by Gasteiger charge is 2.42. The van der Waals surface area contributed by atoms with E-state index in [0.717, 1.165) is 37.1 Å². The van der Waals surface area contributed by atoms with Crippen molar-refractivity contribution in [3.8, 4) is 0 Å². The van der Waals surface area contributed by atoms with E-state index in [-0.39, 0.29) is 17.9 Å². The fourth-order valence-electron chi connectivity index (χ4n) is 6.17. The molecule has 0 aromatic heterocycles. The highest BCUT2D eigenvalue weighted by Crippen LogP contribution is 2.34. The van der Waals surface area contributed by atoms with Crippen LogP contribution in [0.4, 0.5) is 0 Å². The normalized spacial score (nSPS) is 22.5. The second-order valence-corrected chi connectivity index (χ2v) is 10.2. The van der Waals surface area contributed by atoms with Crippen LogP contribution in [0.2, 0.25) is 0 Å². The minimum Gasteiger partial charge on any atom is -0.467 e. The predicted molar refractivity (Wildman–Crippen MR) is 145 cm³/mol. The zero-order valence-corrected chi connectivity index (χ0v) is 21.5. The van der Waals surface area contributed by atoms with Gasteiger partial charge >= 0.3 is 5.97 Å². The summed E-state index contributed by atoms with van der Waals surface area (Å²) in [7, 11) is 1.42. The third kappa shape index (κ3) is 5.62. The Morgan fingerprint density at radius 2 is 1.41 bits per heavy atom. The summed E-state index contributed by atoms with van der Waals surface area (Å²) in [5, 5.41) is 0. The van der Waals surface area contributed by atoms with Gasteiger partial charge in [0, 0.05) is 19.1 Å². The molecular formula is C32H36N2O3. The van der Waals surface area contributed by atoms with Crippen LogP contribution in [0.3, 0.4) is 0 Å². The largest absolute Gasteiger partial charge is 0.467 e. The first kappa shape index (κ1) is 25.2. The third-order valence-corrected chi connectivity index (χ3v) is 8.08. The van der Waals surface area contributed by atoms with Crippen molar-refractivity contribution < 1.29 is 14.3 Å². The van der Waals surface area contributed by atoms with Crippen molar-refractivity contribution in [3.63, 3.8) is 0 Å². The number of benzene rings is 3. The fraction of sp³-hybridized carbons (Fsp3) is 0.375. The monoisotopic (exact) mass is 496 g/mol. The van der Waals surface area contributed by atoms with E-state index in [1.807, 2.05) is 60.7 Å². The van der Waals surface area contributed by atoms with Crippen LogP contribution in [0.5, 0.6) is 0 Å². The van der Waals surface area contributed by atoms with Crippen molar-refractivity contribution in [1.29, 1.82) is 0 Å². The Hall–Kier alpha value is -3.44. The molecule has 37 heavy (non-hydrogen) atoms. The highest BCUT2D eigenvalue weighted by atomic mass is 16.5. The van der Waals surface area contributed by atoms with Gasteiger partial charge in [-0.1, -0.05) is 91.0 Å². The van der Waals surface area contributed by atoms with Crippen molar-refractivity contribution in [3.05, 3.63) is 108 Å². The summed E-state index contributed by atoms with van der Waals surface area (Å²) >= 11 is 0. The number of piperidine rings is 2. The molecule has 0 unspecified atom stereocenters. The molecule has 0 radical (unpaired) electrons. The van der Waals surface area contributed by atoms with E-state index in [4.69, 9.17) is 4.74 Å². The summed E-state index contributed by atoms with van der Waals surface area (Å²) in [6.07, 6.45) is 3.80. The number of hydrogen-bond donors (Lipinski definition) is 0. The van der Waals surface area contributed by atoms with Crippen LogP contribution in [0.15, 0.2) is 91.0 Å². The number of likely N-dealkylation sites (tertiary alicyclic amines) is 2. The predicted octanol–water partition coefficient (Wildman–Crippen LogP) is 5.23. The number of nitrogens with zero attached hydrogens (tertiary/aromatic N) is 2. The van der Waals surface area contributed by atoms with Gasteiger partial charge in [-0.15, -0.1) is 0 Å². The molecule has 2 fully saturated rings. The van der Waals surface area contributed by atoms with Crippen LogP contribution in [0.1, 0.15) is 54.2 Å². The van der Waals surface area contributed by atoms with Crippen molar-refractivity contribution in [1.82, 2.24) is 9.80 Å². The Morgan fingerprint density at radius 3 is 2.00 bits per heavy atom. The van der Waals surface area contributed by atoms with E-state index in [0.29, 0.717) is 18.9 Å². The zero-order chi connectivity index (χ0) is 25.6. The molecule has 5 heteroatoms. The quantitative estimate of drug-likeness (QED) is 0.439. The van der Waals surface area contributed by atoms with E-state index in [1.165, 1.54) is 19.1 Å². The summed E-state index contributed by atoms with van der Waals surface area (Å²) in [4.78, 5) is 31.5. The van der Waals surface area contributed by atoms with Gasteiger partial charge in [-0.2, -0.15) is 0 Å². The fourth-order valence-corrected chi connectivity index (χ4v) is 6.17. The molecule has 0 spiro atoms. The lowest BCUT2D eigenvalue weighted by molar-refractivity contribution is -0.156. The minimum atomic E-state index is -0.580. The molecule has 192 valence electrons. The molecule has 5 nitrogen and oxygen atoms in total. The van der Waals surface area contributed by atoms with Gasteiger partial charge in [0.1, 0.15) is 6.04 Å². The first-order valence-electron chi connectivity index (χ1n) is 13.4. The smallest absolute Gasteiger partial charge is 0.328 e. The van der Waals surface area contributed by atoms with E-state index in [2.05, 4.69) is 35.2 Å². The summed E-state index contributed by atoms with van der Waals surface area (Å²) < 4.78 is 5.24. The van der Waals surface area contributed by atoms with E-state index < -0.39 is 12.0 Å². The lowest BCUT2D eigenvalue weighted by Gasteiger charge is -2.45. The molecule has 2 saturated heterocycles. The molecule has 2 aliphatic heterocycles. The number of methoxy groups -OCH3 is 1. The van der Waals surface area contributed by atoms with Gasteiger partial charge in [0.25, 0.3) is 0 Å². The zero-order valence-electron chi connectivity index (χ0n) is 21.5. The van der Waals surface area contributed by atoms with Gasteiger partial charge in [-0.25, -0.2) is 4.79 Å². The average Bonchev–Trinajstić information content (AvgIpc) is 2.98. The molecule has 3 atom stereocenters. The Kier molecular flexibility index (Phi) is 8.00. The number of esters is 1. The number of rotatable bonds is 6. The Balaban J connectivity index is 1.37. The molecule has 0 saturated carbocycles. The van der Waals surface area contributed by atoms with Gasteiger partial charge in [0.15, 0.2) is 0 Å². The van der Waals surface area contributed by atoms with Gasteiger partial charge in [0.05, 0.1) is 13.0 Å². The van der Waals surface area contributed by atoms with Crippen molar-refractivity contribution in [2.24, 2.45) is 0 Å². The maximum atomic E-state index is 14.2. The van der Waals surface area contributed by atoms with Gasteiger partial charge in [-0.3, -0.25) is 9.69 Å². The lowest BCUT2D eigenvalue weighted by atomic mass is 9.86. The molecule has 0 aliphatic carbocycles. The van der Waals surface area contributed by atoms with Gasteiger partial charge in [-0.05, 0) is 54.8 Å². The van der Waals surface area contributed by atoms with Crippen molar-refractivity contribution >= 4 is 11.9 Å². The Morgan fingerprint density at radius 1 is 0.811 bits per heavy atom. The average molecular weight is 497 g/mol. The van der Waals surface area contributed by atoms with Crippen LogP contribution in [-0.2, 0) is 14.3 Å². The number of hydrogen-bond acceptors (Lipinski definition) is 4. The standard InChI is InChI=1S/C32H36N2O3/c1-37-32(36)29-22-28(33-20-11-18-27(23-33)24-12-5-2-6-13-24)19-21-34(29)31(35)30(25-14-7-3-8-15-25)26-16-9-4-10-17-26/h2-10,12-17,27-30H,11,18-23H2,1H3/t27-,28+,29-/m0/s1. The molecule has 2 heterocycles. The Bertz CT molecular complexity index is 1130. The van der Waals surface area contributed by atoms with Crippen LogP contribution in [-0.4, -0.2) is 60.5 Å². The summed E-state index contributed by atoms with van der Waals surface area (Å²) in [5.41, 5.74) is 3.26. The first-order valence-corrected chi connectivity index (χ1v) is 13.4. The molecule has 5 rings (SSSR count). The van der Waals surface area contributed by atoms with Crippen LogP contribution >= 0.6 is 0 Å². The number of ether oxygens (including phenoxy) is 1. The second kappa shape index (κ2) is 11.7. The first-order chi connectivity index (χ1) is 18.2. The summed E-state index contributed by atoms with van der Waals surface area (Å²) in [5.74, 6) is -0.308. The summed E-state index contributed by atoms with van der Waals surface area (Å²) in [6, 6.07) is 30.1. The maximum absolute atomic E-state index is 14.2. The highest BCUT2D eigenvalue weighted by molar-refractivity contribution is 5.91. The minimum absolute atomic E-state index is 0.0351. The third-order valence-electron chi connectivity index (χ3n) is 8.08. The molecule has 1 amide bonds. The molecule has 2 aliphatic rings. The van der Waals surface area contributed by atoms with Gasteiger partial charge < -0.3 is 9.64 Å². The van der Waals surface area contributed by atoms with E-state index in [1.54, 1.807) is 4.90 Å². The van der Waals surface area contributed by atoms with Crippen LogP contribution in [0, 0.1) is 0 Å². The number of amides is 1. The lowest BCUT2D eigenvalue weighted by Crippen LogP contribution is -2.57. The van der Waals surface area contributed by atoms with E-state index >= 15 is 0 Å². The Labute approximate surface area is 220 Å². The van der Waals surface area contributed by atoms with E-state index in [9.17, 15) is 9.59 Å². The number of carbonyl (C=O) groups is 2. The molecule has 0 bridgehead atoms. The molecule has 3 aromatic carbocycles. The number of carbonyl (C=O) groups excluding carboxylic acids is 2. The SMILES string of the molecule is COC(=O)[C@@H]1C[C@H](N2CCC[C@H](c3ccccc3)C2)CCN1C(=O)C(c1ccccc1)c1ccccc1. The van der Waals surface area contributed by atoms with Crippen LogP contribution in [0.25, 0.3) is 0 Å². The second-order valence-electron chi connectivity index (χ2n) is 10.2. The molecule has 3 aromatic rings. The van der Waals surface area contributed by atoms with Crippen LogP contribution < -0.4 is 0 Å². The van der Waals surface area contributed by atoms with Crippen molar-refractivity contribution in [2.45, 2.75) is 49.6 Å². The maximum Gasteiger partial charge on any atom is 0.328 e. The molecule has 0 N–H and O–H groups in total. The summed E-state index contributed by atoms with van der Waals surface area (Å²) in [6.45, 7) is 2.58. The topological polar surface area (TPSA) is 49.9 Å². The van der Waals surface area contributed by atoms with Gasteiger partial charge in [0.2, 0.25) is 5.91 Å². The van der Waals surface area contributed by atoms with Crippen molar-refractivity contribution in [2.75, 3.05) is 26.7 Å².